The fourth-order valence-corrected chi connectivity index (χ4v) is 3.35. The lowest BCUT2D eigenvalue weighted by Crippen LogP contribution is -2.42. The van der Waals surface area contributed by atoms with Gasteiger partial charge in [0.1, 0.15) is 6.10 Å². The van der Waals surface area contributed by atoms with Gasteiger partial charge in [-0.15, -0.1) is 0 Å². The molecule has 0 aliphatic heterocycles. The number of hydrogen-bond acceptors (Lipinski definition) is 4. The summed E-state index contributed by atoms with van der Waals surface area (Å²) >= 11 is 0. The Morgan fingerprint density at radius 3 is 2.31 bits per heavy atom. The van der Waals surface area contributed by atoms with Gasteiger partial charge >= 0.3 is 6.09 Å². The predicted molar refractivity (Wildman–Crippen MR) is 113 cm³/mol. The van der Waals surface area contributed by atoms with Crippen LogP contribution in [0.15, 0.2) is 54.6 Å². The van der Waals surface area contributed by atoms with Crippen molar-refractivity contribution in [1.82, 2.24) is 10.2 Å². The van der Waals surface area contributed by atoms with E-state index in [2.05, 4.69) is 10.2 Å². The number of hydrogen-bond donors (Lipinski definition) is 2. The molecule has 0 heterocycles. The van der Waals surface area contributed by atoms with Crippen LogP contribution in [-0.2, 0) is 11.2 Å². The zero-order valence-corrected chi connectivity index (χ0v) is 17.0. The van der Waals surface area contributed by atoms with E-state index in [1.807, 2.05) is 56.6 Å². The van der Waals surface area contributed by atoms with Crippen LogP contribution in [0.4, 0.5) is 4.79 Å². The third-order valence-corrected chi connectivity index (χ3v) is 5.33. The maximum absolute atomic E-state index is 12.5. The first kappa shape index (κ1) is 20.9. The van der Waals surface area contributed by atoms with Crippen molar-refractivity contribution in [3.8, 4) is 0 Å². The fourth-order valence-electron chi connectivity index (χ4n) is 3.35. The van der Waals surface area contributed by atoms with E-state index in [0.29, 0.717) is 18.0 Å². The predicted octanol–water partition coefficient (Wildman–Crippen LogP) is 3.14. The summed E-state index contributed by atoms with van der Waals surface area (Å²) in [4.78, 5) is 25.7. The van der Waals surface area contributed by atoms with E-state index in [4.69, 9.17) is 10.5 Å². The van der Waals surface area contributed by atoms with Crippen molar-refractivity contribution in [2.75, 3.05) is 20.6 Å². The van der Waals surface area contributed by atoms with Crippen molar-refractivity contribution in [3.63, 3.8) is 0 Å². The SMILES string of the molecule is CN(C)[C@H](CNC(=O)OC(c1ccccc1)C1CC1)Cc1ccc(C(N)=O)cc1. The van der Waals surface area contributed by atoms with Crippen LogP contribution in [0.25, 0.3) is 0 Å². The molecule has 2 amide bonds. The highest BCUT2D eigenvalue weighted by molar-refractivity contribution is 5.92. The molecule has 29 heavy (non-hydrogen) atoms. The van der Waals surface area contributed by atoms with E-state index >= 15 is 0 Å². The number of nitrogens with zero attached hydrogens (tertiary/aromatic N) is 1. The number of alkyl carbamates (subject to hydrolysis) is 1. The second-order valence-corrected chi connectivity index (χ2v) is 7.84. The number of likely N-dealkylation sites (N-methyl/N-ethyl adjacent to an activating group) is 1. The van der Waals surface area contributed by atoms with E-state index in [0.717, 1.165) is 30.4 Å². The largest absolute Gasteiger partial charge is 0.441 e. The summed E-state index contributed by atoms with van der Waals surface area (Å²) in [6, 6.07) is 17.3. The molecule has 154 valence electrons. The number of carbonyl (C=O) groups is 2. The van der Waals surface area contributed by atoms with Gasteiger partial charge in [-0.3, -0.25) is 4.79 Å². The Morgan fingerprint density at radius 2 is 1.76 bits per heavy atom. The van der Waals surface area contributed by atoms with Crippen LogP contribution in [0.5, 0.6) is 0 Å². The number of ether oxygens (including phenoxy) is 1. The molecular formula is C23H29N3O3. The molecule has 1 aliphatic carbocycles. The Kier molecular flexibility index (Phi) is 6.88. The highest BCUT2D eigenvalue weighted by atomic mass is 16.6. The Balaban J connectivity index is 1.55. The first-order chi connectivity index (χ1) is 13.9. The van der Waals surface area contributed by atoms with E-state index < -0.39 is 5.91 Å². The molecule has 6 nitrogen and oxygen atoms in total. The van der Waals surface area contributed by atoms with Crippen molar-refractivity contribution in [1.29, 1.82) is 0 Å². The maximum Gasteiger partial charge on any atom is 0.407 e. The van der Waals surface area contributed by atoms with E-state index in [1.165, 1.54) is 0 Å². The molecular weight excluding hydrogens is 366 g/mol. The molecule has 1 unspecified atom stereocenters. The molecule has 6 heteroatoms. The molecule has 2 atom stereocenters. The van der Waals surface area contributed by atoms with Gasteiger partial charge in [0.05, 0.1) is 0 Å². The summed E-state index contributed by atoms with van der Waals surface area (Å²) < 4.78 is 5.76. The van der Waals surface area contributed by atoms with Crippen molar-refractivity contribution in [2.45, 2.75) is 31.4 Å². The smallest absolute Gasteiger partial charge is 0.407 e. The maximum atomic E-state index is 12.5. The summed E-state index contributed by atoms with van der Waals surface area (Å²) in [6.07, 6.45) is 2.34. The minimum absolute atomic E-state index is 0.0954. The zero-order chi connectivity index (χ0) is 20.8. The second kappa shape index (κ2) is 9.56. The molecule has 1 fully saturated rings. The number of rotatable bonds is 9. The quantitative estimate of drug-likeness (QED) is 0.683. The molecule has 0 saturated heterocycles. The Hall–Kier alpha value is -2.86. The average molecular weight is 396 g/mol. The van der Waals surface area contributed by atoms with Gasteiger partial charge in [0.2, 0.25) is 5.91 Å². The van der Waals surface area contributed by atoms with Gasteiger partial charge in [0.15, 0.2) is 0 Å². The summed E-state index contributed by atoms with van der Waals surface area (Å²) in [6.45, 7) is 0.468. The Morgan fingerprint density at radius 1 is 1.10 bits per heavy atom. The first-order valence-corrected chi connectivity index (χ1v) is 9.98. The van der Waals surface area contributed by atoms with Crippen LogP contribution in [-0.4, -0.2) is 43.6 Å². The van der Waals surface area contributed by atoms with Gasteiger partial charge < -0.3 is 20.7 Å². The number of amides is 2. The van der Waals surface area contributed by atoms with Gasteiger partial charge in [-0.2, -0.15) is 0 Å². The van der Waals surface area contributed by atoms with Gasteiger partial charge in [-0.05, 0) is 56.6 Å². The summed E-state index contributed by atoms with van der Waals surface area (Å²) in [5.41, 5.74) is 7.90. The van der Waals surface area contributed by atoms with E-state index in [-0.39, 0.29) is 18.2 Å². The van der Waals surface area contributed by atoms with Crippen molar-refractivity contribution in [2.24, 2.45) is 11.7 Å². The van der Waals surface area contributed by atoms with Gasteiger partial charge in [-0.25, -0.2) is 4.79 Å². The minimum Gasteiger partial charge on any atom is -0.441 e. The van der Waals surface area contributed by atoms with Crippen LogP contribution in [0, 0.1) is 5.92 Å². The first-order valence-electron chi connectivity index (χ1n) is 9.98. The lowest BCUT2D eigenvalue weighted by Gasteiger charge is -2.25. The van der Waals surface area contributed by atoms with Crippen molar-refractivity contribution in [3.05, 3.63) is 71.3 Å². The summed E-state index contributed by atoms with van der Waals surface area (Å²) in [5.74, 6) is -0.0229. The van der Waals surface area contributed by atoms with Gasteiger partial charge in [-0.1, -0.05) is 42.5 Å². The third-order valence-electron chi connectivity index (χ3n) is 5.33. The number of nitrogens with two attached hydrogens (primary N) is 1. The molecule has 1 aliphatic rings. The molecule has 2 aromatic carbocycles. The number of benzene rings is 2. The van der Waals surface area contributed by atoms with Crippen molar-refractivity contribution >= 4 is 12.0 Å². The molecule has 0 spiro atoms. The molecule has 0 aromatic heterocycles. The van der Waals surface area contributed by atoms with Crippen LogP contribution in [0.3, 0.4) is 0 Å². The number of carbonyl (C=O) groups excluding carboxylic acids is 2. The monoisotopic (exact) mass is 395 g/mol. The third kappa shape index (κ3) is 6.06. The van der Waals surface area contributed by atoms with Gasteiger partial charge in [0.25, 0.3) is 0 Å². The van der Waals surface area contributed by atoms with Crippen LogP contribution < -0.4 is 11.1 Å². The van der Waals surface area contributed by atoms with E-state index in [9.17, 15) is 9.59 Å². The number of primary amides is 1. The molecule has 3 N–H and O–H groups in total. The number of nitrogens with one attached hydrogen (secondary N) is 1. The second-order valence-electron chi connectivity index (χ2n) is 7.84. The molecule has 0 radical (unpaired) electrons. The average Bonchev–Trinajstić information content (AvgIpc) is 3.55. The summed E-state index contributed by atoms with van der Waals surface area (Å²) in [5, 5.41) is 2.92. The normalized spacial score (nSPS) is 15.6. The molecule has 3 rings (SSSR count). The zero-order valence-electron chi connectivity index (χ0n) is 17.0. The standard InChI is InChI=1S/C23H29N3O3/c1-26(2)20(14-16-8-10-19(11-9-16)22(24)27)15-25-23(28)29-21(18-12-13-18)17-6-4-3-5-7-17/h3-11,18,20-21H,12-15H2,1-2H3,(H2,24,27)(H,25,28)/t20-,21?/m0/s1. The lowest BCUT2D eigenvalue weighted by molar-refractivity contribution is 0.0831. The van der Waals surface area contributed by atoms with Crippen LogP contribution >= 0.6 is 0 Å². The van der Waals surface area contributed by atoms with E-state index in [1.54, 1.807) is 12.1 Å². The lowest BCUT2D eigenvalue weighted by atomic mass is 10.0. The minimum atomic E-state index is -0.436. The fraction of sp³-hybridized carbons (Fsp3) is 0.391. The van der Waals surface area contributed by atoms with Crippen LogP contribution in [0.2, 0.25) is 0 Å². The summed E-state index contributed by atoms with van der Waals surface area (Å²) in [7, 11) is 3.96. The molecule has 1 saturated carbocycles. The Labute approximate surface area is 172 Å². The van der Waals surface area contributed by atoms with Crippen molar-refractivity contribution < 1.29 is 14.3 Å². The topological polar surface area (TPSA) is 84.7 Å². The Bertz CT molecular complexity index is 817. The highest BCUT2D eigenvalue weighted by Gasteiger charge is 2.35. The van der Waals surface area contributed by atoms with Gasteiger partial charge in [0, 0.05) is 24.1 Å². The molecule has 0 bridgehead atoms. The van der Waals surface area contributed by atoms with Crippen LogP contribution in [0.1, 0.15) is 40.4 Å². The highest BCUT2D eigenvalue weighted by Crippen LogP contribution is 2.43. The molecule has 2 aromatic rings.